The Morgan fingerprint density at radius 1 is 1.13 bits per heavy atom. The predicted molar refractivity (Wildman–Crippen MR) is 119 cm³/mol. The monoisotopic (exact) mass is 465 g/mol. The van der Waals surface area contributed by atoms with Gasteiger partial charge in [-0.3, -0.25) is 14.2 Å². The molecule has 1 amide bonds. The smallest absolute Gasteiger partial charge is 0.264 e. The lowest BCUT2D eigenvalue weighted by molar-refractivity contribution is 0.0951. The summed E-state index contributed by atoms with van der Waals surface area (Å²) >= 11 is 3.38. The molecule has 0 aliphatic carbocycles. The largest absolute Gasteiger partial charge is 0.350 e. The third-order valence-corrected chi connectivity index (χ3v) is 5.51. The highest BCUT2D eigenvalue weighted by Gasteiger charge is 2.12. The maximum absolute atomic E-state index is 12.8. The molecule has 0 fully saturated rings. The van der Waals surface area contributed by atoms with Gasteiger partial charge < -0.3 is 5.32 Å². The van der Waals surface area contributed by atoms with Gasteiger partial charge in [0.2, 0.25) is 0 Å². The van der Waals surface area contributed by atoms with Gasteiger partial charge >= 0.3 is 0 Å². The number of amides is 1. The van der Waals surface area contributed by atoms with Crippen LogP contribution in [-0.2, 0) is 13.1 Å². The van der Waals surface area contributed by atoms with Crippen molar-refractivity contribution in [2.75, 3.05) is 6.54 Å². The van der Waals surface area contributed by atoms with E-state index in [1.165, 1.54) is 11.8 Å². The molecule has 30 heavy (non-hydrogen) atoms. The highest BCUT2D eigenvalue weighted by Crippen LogP contribution is 2.15. The number of benzene rings is 2. The number of rotatable bonds is 6. The van der Waals surface area contributed by atoms with Crippen LogP contribution < -0.4 is 10.9 Å². The van der Waals surface area contributed by atoms with Crippen molar-refractivity contribution in [3.63, 3.8) is 0 Å². The minimum atomic E-state index is -0.174. The van der Waals surface area contributed by atoms with Crippen LogP contribution in [0, 0.1) is 6.92 Å². The van der Waals surface area contributed by atoms with Gasteiger partial charge in [-0.25, -0.2) is 9.67 Å². The third-order valence-electron chi connectivity index (χ3n) is 4.82. The second-order valence-corrected chi connectivity index (χ2v) is 7.86. The lowest BCUT2D eigenvalue weighted by Crippen LogP contribution is -2.28. The van der Waals surface area contributed by atoms with Crippen LogP contribution in [0.3, 0.4) is 0 Å². The number of carbonyl (C=O) groups is 1. The number of halogens is 1. The van der Waals surface area contributed by atoms with E-state index >= 15 is 0 Å². The van der Waals surface area contributed by atoms with Crippen molar-refractivity contribution in [2.24, 2.45) is 0 Å². The Bertz CT molecular complexity index is 1260. The van der Waals surface area contributed by atoms with Gasteiger partial charge in [0.05, 0.1) is 24.8 Å². The van der Waals surface area contributed by atoms with Crippen molar-refractivity contribution < 1.29 is 4.79 Å². The highest BCUT2D eigenvalue weighted by atomic mass is 79.9. The van der Waals surface area contributed by atoms with Gasteiger partial charge in [0.25, 0.3) is 11.5 Å². The number of hydrogen-bond acceptors (Lipinski definition) is 4. The summed E-state index contributed by atoms with van der Waals surface area (Å²) < 4.78 is 3.95. The molecule has 8 heteroatoms. The van der Waals surface area contributed by atoms with E-state index in [0.717, 1.165) is 10.0 Å². The van der Waals surface area contributed by atoms with Gasteiger partial charge in [0.1, 0.15) is 11.7 Å². The van der Waals surface area contributed by atoms with Crippen molar-refractivity contribution in [2.45, 2.75) is 20.0 Å². The number of fused-ring (bicyclic) bond motifs is 1. The van der Waals surface area contributed by atoms with Gasteiger partial charge in [0, 0.05) is 11.0 Å². The molecular formula is C22H20BrN5O2. The normalized spacial score (nSPS) is 11.0. The number of hydrogen-bond donors (Lipinski definition) is 1. The Kier molecular flexibility index (Phi) is 5.76. The summed E-state index contributed by atoms with van der Waals surface area (Å²) in [5.74, 6) is -0.174. The van der Waals surface area contributed by atoms with E-state index < -0.39 is 0 Å². The summed E-state index contributed by atoms with van der Waals surface area (Å²) in [5.41, 5.74) is 3.15. The second kappa shape index (κ2) is 8.62. The predicted octanol–water partition coefficient (Wildman–Crippen LogP) is 3.14. The molecule has 4 aromatic rings. The zero-order valence-electron chi connectivity index (χ0n) is 16.4. The van der Waals surface area contributed by atoms with Crippen molar-refractivity contribution >= 4 is 32.9 Å². The van der Waals surface area contributed by atoms with Crippen LogP contribution in [0.15, 0.2) is 70.3 Å². The Morgan fingerprint density at radius 3 is 2.67 bits per heavy atom. The van der Waals surface area contributed by atoms with Gasteiger partial charge in [-0.2, -0.15) is 5.10 Å². The fraction of sp³-hybridized carbons (Fsp3) is 0.182. The summed E-state index contributed by atoms with van der Waals surface area (Å²) in [4.78, 5) is 29.6. The van der Waals surface area contributed by atoms with Crippen LogP contribution in [0.5, 0.6) is 0 Å². The van der Waals surface area contributed by atoms with Gasteiger partial charge in [-0.1, -0.05) is 42.0 Å². The first-order chi connectivity index (χ1) is 14.5. The Labute approximate surface area is 181 Å². The molecule has 0 radical (unpaired) electrons. The van der Waals surface area contributed by atoms with E-state index in [-0.39, 0.29) is 11.5 Å². The zero-order chi connectivity index (χ0) is 21.1. The van der Waals surface area contributed by atoms with E-state index in [1.807, 2.05) is 49.4 Å². The van der Waals surface area contributed by atoms with Crippen molar-refractivity contribution in [3.8, 4) is 0 Å². The Morgan fingerprint density at radius 2 is 1.90 bits per heavy atom. The quantitative estimate of drug-likeness (QED) is 0.474. The second-order valence-electron chi connectivity index (χ2n) is 7.00. The molecule has 0 aliphatic rings. The number of aromatic nitrogens is 4. The van der Waals surface area contributed by atoms with E-state index in [4.69, 9.17) is 0 Å². The van der Waals surface area contributed by atoms with Crippen LogP contribution in [0.4, 0.5) is 0 Å². The molecule has 0 bridgehead atoms. The van der Waals surface area contributed by atoms with E-state index in [9.17, 15) is 9.59 Å². The molecule has 0 saturated heterocycles. The summed E-state index contributed by atoms with van der Waals surface area (Å²) in [6.07, 6.45) is 3.08. The van der Waals surface area contributed by atoms with Crippen LogP contribution >= 0.6 is 15.9 Å². The van der Waals surface area contributed by atoms with Crippen LogP contribution in [-0.4, -0.2) is 31.8 Å². The molecule has 0 atom stereocenters. The standard InChI is InChI=1S/C22H20BrN5O2/c1-15-6-8-16(9-7-15)13-27-14-25-20-18(22(27)30)12-26-28(20)11-10-24-21(29)17-4-2-3-5-19(17)23/h2-9,12,14H,10-11,13H2,1H3,(H,24,29). The zero-order valence-corrected chi connectivity index (χ0v) is 18.0. The lowest BCUT2D eigenvalue weighted by Gasteiger charge is -2.08. The van der Waals surface area contributed by atoms with Crippen molar-refractivity contribution in [1.29, 1.82) is 0 Å². The first-order valence-corrected chi connectivity index (χ1v) is 10.3. The Balaban J connectivity index is 1.46. The molecule has 4 rings (SSSR count). The molecule has 0 aliphatic heterocycles. The molecule has 7 nitrogen and oxygen atoms in total. The fourth-order valence-electron chi connectivity index (χ4n) is 3.18. The number of nitrogens with one attached hydrogen (secondary N) is 1. The average molecular weight is 466 g/mol. The SMILES string of the molecule is Cc1ccc(Cn2cnc3c(cnn3CCNC(=O)c3ccccc3Br)c2=O)cc1. The summed E-state index contributed by atoms with van der Waals surface area (Å²) in [7, 11) is 0. The molecule has 2 aromatic heterocycles. The fourth-order valence-corrected chi connectivity index (χ4v) is 3.64. The van der Waals surface area contributed by atoms with Crippen molar-refractivity contribution in [1.82, 2.24) is 24.6 Å². The number of carbonyl (C=O) groups excluding carboxylic acids is 1. The Hall–Kier alpha value is -3.26. The number of aryl methyl sites for hydroxylation is 1. The molecule has 152 valence electrons. The topological polar surface area (TPSA) is 81.8 Å². The summed E-state index contributed by atoms with van der Waals surface area (Å²) in [5, 5.41) is 7.61. The highest BCUT2D eigenvalue weighted by molar-refractivity contribution is 9.10. The third kappa shape index (κ3) is 4.18. The van der Waals surface area contributed by atoms with E-state index in [1.54, 1.807) is 21.6 Å². The van der Waals surface area contributed by atoms with Crippen LogP contribution in [0.1, 0.15) is 21.5 Å². The first kappa shape index (κ1) is 20.0. The minimum absolute atomic E-state index is 0.135. The van der Waals surface area contributed by atoms with E-state index in [2.05, 4.69) is 31.3 Å². The van der Waals surface area contributed by atoms with Gasteiger partial charge in [-0.05, 0) is 40.5 Å². The van der Waals surface area contributed by atoms with Crippen LogP contribution in [0.25, 0.3) is 11.0 Å². The molecule has 1 N–H and O–H groups in total. The lowest BCUT2D eigenvalue weighted by atomic mass is 10.1. The molecule has 0 unspecified atom stereocenters. The van der Waals surface area contributed by atoms with E-state index in [0.29, 0.717) is 36.2 Å². The summed E-state index contributed by atoms with van der Waals surface area (Å²) in [6, 6.07) is 15.3. The minimum Gasteiger partial charge on any atom is -0.350 e. The van der Waals surface area contributed by atoms with Crippen LogP contribution in [0.2, 0.25) is 0 Å². The number of nitrogens with zero attached hydrogens (tertiary/aromatic N) is 4. The van der Waals surface area contributed by atoms with Crippen molar-refractivity contribution in [3.05, 3.63) is 92.6 Å². The average Bonchev–Trinajstić information content (AvgIpc) is 3.15. The maximum Gasteiger partial charge on any atom is 0.264 e. The molecular weight excluding hydrogens is 446 g/mol. The van der Waals surface area contributed by atoms with Gasteiger partial charge in [-0.15, -0.1) is 0 Å². The van der Waals surface area contributed by atoms with Gasteiger partial charge in [0.15, 0.2) is 5.65 Å². The molecule has 0 spiro atoms. The first-order valence-electron chi connectivity index (χ1n) is 9.52. The molecule has 2 heterocycles. The maximum atomic E-state index is 12.8. The molecule has 2 aromatic carbocycles. The summed E-state index contributed by atoms with van der Waals surface area (Å²) in [6.45, 7) is 3.26. The molecule has 0 saturated carbocycles.